The van der Waals surface area contributed by atoms with Crippen LogP contribution in [0.15, 0.2) is 54.6 Å². The van der Waals surface area contributed by atoms with Gasteiger partial charge in [0.15, 0.2) is 0 Å². The summed E-state index contributed by atoms with van der Waals surface area (Å²) in [5.74, 6) is 0. The van der Waals surface area contributed by atoms with Crippen molar-refractivity contribution in [2.45, 2.75) is 6.42 Å². The molecule has 84 valence electrons. The van der Waals surface area contributed by atoms with Crippen LogP contribution in [0.4, 0.5) is 5.69 Å². The van der Waals surface area contributed by atoms with Crippen molar-refractivity contribution in [2.75, 3.05) is 11.9 Å². The van der Waals surface area contributed by atoms with E-state index in [1.807, 2.05) is 30.3 Å². The molecule has 2 heteroatoms. The number of rotatable bonds is 4. The van der Waals surface area contributed by atoms with Crippen molar-refractivity contribution in [3.8, 4) is 6.07 Å². The number of nitriles is 1. The SMILES string of the molecule is N#Cc1ccc(NCCc2ccccc2)cc1. The van der Waals surface area contributed by atoms with Crippen molar-refractivity contribution < 1.29 is 0 Å². The molecule has 2 aromatic carbocycles. The summed E-state index contributed by atoms with van der Waals surface area (Å²) in [6, 6.07) is 20.0. The molecule has 2 aromatic rings. The van der Waals surface area contributed by atoms with E-state index >= 15 is 0 Å². The van der Waals surface area contributed by atoms with Crippen LogP contribution >= 0.6 is 0 Å². The number of nitrogens with one attached hydrogen (secondary N) is 1. The third kappa shape index (κ3) is 3.35. The molecular formula is C15H14N2. The normalized spacial score (nSPS) is 9.59. The van der Waals surface area contributed by atoms with Crippen LogP contribution in [0.25, 0.3) is 0 Å². The molecule has 0 atom stereocenters. The largest absolute Gasteiger partial charge is 0.385 e. The van der Waals surface area contributed by atoms with Gasteiger partial charge in [0.05, 0.1) is 11.6 Å². The minimum absolute atomic E-state index is 0.693. The Morgan fingerprint density at radius 1 is 0.941 bits per heavy atom. The predicted molar refractivity (Wildman–Crippen MR) is 69.8 cm³/mol. The molecule has 2 nitrogen and oxygen atoms in total. The van der Waals surface area contributed by atoms with E-state index in [9.17, 15) is 0 Å². The van der Waals surface area contributed by atoms with Gasteiger partial charge < -0.3 is 5.32 Å². The average Bonchev–Trinajstić information content (AvgIpc) is 2.41. The lowest BCUT2D eigenvalue weighted by atomic mass is 10.1. The van der Waals surface area contributed by atoms with Crippen LogP contribution in [0.1, 0.15) is 11.1 Å². The van der Waals surface area contributed by atoms with Crippen molar-refractivity contribution in [1.29, 1.82) is 5.26 Å². The average molecular weight is 222 g/mol. The highest BCUT2D eigenvalue weighted by Gasteiger charge is 1.94. The van der Waals surface area contributed by atoms with E-state index in [0.717, 1.165) is 18.7 Å². The topological polar surface area (TPSA) is 35.8 Å². The molecule has 0 saturated carbocycles. The third-order valence-corrected chi connectivity index (χ3v) is 2.60. The summed E-state index contributed by atoms with van der Waals surface area (Å²) in [5.41, 5.74) is 3.08. The zero-order valence-electron chi connectivity index (χ0n) is 9.56. The standard InChI is InChI=1S/C15H14N2/c16-12-14-6-8-15(9-7-14)17-11-10-13-4-2-1-3-5-13/h1-9,17H,10-11H2. The minimum Gasteiger partial charge on any atom is -0.385 e. The van der Waals surface area contributed by atoms with Gasteiger partial charge in [-0.2, -0.15) is 5.26 Å². The van der Waals surface area contributed by atoms with E-state index in [1.54, 1.807) is 0 Å². The van der Waals surface area contributed by atoms with Gasteiger partial charge in [0, 0.05) is 12.2 Å². The molecule has 2 rings (SSSR count). The van der Waals surface area contributed by atoms with Gasteiger partial charge in [-0.1, -0.05) is 30.3 Å². The Hall–Kier alpha value is -2.27. The van der Waals surface area contributed by atoms with Crippen molar-refractivity contribution in [2.24, 2.45) is 0 Å². The second-order valence-electron chi connectivity index (χ2n) is 3.85. The first-order valence-electron chi connectivity index (χ1n) is 5.66. The molecule has 0 heterocycles. The van der Waals surface area contributed by atoms with E-state index in [-0.39, 0.29) is 0 Å². The first-order valence-corrected chi connectivity index (χ1v) is 5.66. The van der Waals surface area contributed by atoms with E-state index in [1.165, 1.54) is 5.56 Å². The van der Waals surface area contributed by atoms with Gasteiger partial charge in [-0.15, -0.1) is 0 Å². The van der Waals surface area contributed by atoms with Crippen molar-refractivity contribution in [3.05, 3.63) is 65.7 Å². The molecular weight excluding hydrogens is 208 g/mol. The van der Waals surface area contributed by atoms with Crippen LogP contribution in [-0.4, -0.2) is 6.54 Å². The van der Waals surface area contributed by atoms with E-state index < -0.39 is 0 Å². The van der Waals surface area contributed by atoms with E-state index in [4.69, 9.17) is 5.26 Å². The quantitative estimate of drug-likeness (QED) is 0.862. The second kappa shape index (κ2) is 5.72. The first-order chi connectivity index (χ1) is 8.38. The Morgan fingerprint density at radius 2 is 1.65 bits per heavy atom. The number of hydrogen-bond donors (Lipinski definition) is 1. The second-order valence-corrected chi connectivity index (χ2v) is 3.85. The molecule has 0 radical (unpaired) electrons. The molecule has 0 aliphatic rings. The maximum absolute atomic E-state index is 8.68. The molecule has 0 bridgehead atoms. The third-order valence-electron chi connectivity index (χ3n) is 2.60. The number of benzene rings is 2. The van der Waals surface area contributed by atoms with Gasteiger partial charge in [-0.05, 0) is 36.2 Å². The van der Waals surface area contributed by atoms with Gasteiger partial charge in [0.2, 0.25) is 0 Å². The van der Waals surface area contributed by atoms with Crippen molar-refractivity contribution in [3.63, 3.8) is 0 Å². The van der Waals surface area contributed by atoms with Gasteiger partial charge in [-0.25, -0.2) is 0 Å². The smallest absolute Gasteiger partial charge is 0.0991 e. The van der Waals surface area contributed by atoms with Crippen LogP contribution in [0.2, 0.25) is 0 Å². The Balaban J connectivity index is 1.84. The maximum Gasteiger partial charge on any atom is 0.0991 e. The van der Waals surface area contributed by atoms with E-state index in [2.05, 4.69) is 35.7 Å². The lowest BCUT2D eigenvalue weighted by Gasteiger charge is -2.06. The summed E-state index contributed by atoms with van der Waals surface area (Å²) in [6.07, 6.45) is 1.00. The zero-order chi connectivity index (χ0) is 11.9. The van der Waals surface area contributed by atoms with E-state index in [0.29, 0.717) is 5.56 Å². The highest BCUT2D eigenvalue weighted by atomic mass is 14.9. The summed E-state index contributed by atoms with van der Waals surface area (Å²) in [6.45, 7) is 0.899. The van der Waals surface area contributed by atoms with Crippen LogP contribution < -0.4 is 5.32 Å². The number of anilines is 1. The molecule has 1 N–H and O–H groups in total. The van der Waals surface area contributed by atoms with Crippen molar-refractivity contribution in [1.82, 2.24) is 0 Å². The summed E-state index contributed by atoms with van der Waals surface area (Å²) in [7, 11) is 0. The molecule has 0 amide bonds. The van der Waals surface area contributed by atoms with Gasteiger partial charge >= 0.3 is 0 Å². The summed E-state index contributed by atoms with van der Waals surface area (Å²) in [4.78, 5) is 0. The van der Waals surface area contributed by atoms with Gasteiger partial charge in [0.1, 0.15) is 0 Å². The molecule has 0 saturated heterocycles. The summed E-state index contributed by atoms with van der Waals surface area (Å²) < 4.78 is 0. The minimum atomic E-state index is 0.693. The number of hydrogen-bond acceptors (Lipinski definition) is 2. The van der Waals surface area contributed by atoms with Crippen LogP contribution in [-0.2, 0) is 6.42 Å². The van der Waals surface area contributed by atoms with Gasteiger partial charge in [0.25, 0.3) is 0 Å². The zero-order valence-corrected chi connectivity index (χ0v) is 9.56. The Bertz CT molecular complexity index is 495. The molecule has 0 aliphatic heterocycles. The monoisotopic (exact) mass is 222 g/mol. The fourth-order valence-electron chi connectivity index (χ4n) is 1.66. The van der Waals surface area contributed by atoms with Crippen molar-refractivity contribution >= 4 is 5.69 Å². The fourth-order valence-corrected chi connectivity index (χ4v) is 1.66. The molecule has 0 aromatic heterocycles. The van der Waals surface area contributed by atoms with Gasteiger partial charge in [-0.3, -0.25) is 0 Å². The molecule has 0 aliphatic carbocycles. The number of nitrogens with zero attached hydrogens (tertiary/aromatic N) is 1. The van der Waals surface area contributed by atoms with Crippen LogP contribution in [0.3, 0.4) is 0 Å². The Morgan fingerprint density at radius 3 is 2.29 bits per heavy atom. The molecule has 0 unspecified atom stereocenters. The fraction of sp³-hybridized carbons (Fsp3) is 0.133. The first kappa shape index (κ1) is 11.2. The predicted octanol–water partition coefficient (Wildman–Crippen LogP) is 3.21. The molecule has 17 heavy (non-hydrogen) atoms. The Labute approximate surface area is 102 Å². The highest BCUT2D eigenvalue weighted by molar-refractivity contribution is 5.47. The summed E-state index contributed by atoms with van der Waals surface area (Å²) in [5, 5.41) is 12.0. The van der Waals surface area contributed by atoms with Crippen LogP contribution in [0, 0.1) is 11.3 Å². The maximum atomic E-state index is 8.68. The molecule has 0 fully saturated rings. The molecule has 0 spiro atoms. The lowest BCUT2D eigenvalue weighted by molar-refractivity contribution is 1.02. The summed E-state index contributed by atoms with van der Waals surface area (Å²) >= 11 is 0. The lowest BCUT2D eigenvalue weighted by Crippen LogP contribution is -2.04. The van der Waals surface area contributed by atoms with Crippen LogP contribution in [0.5, 0.6) is 0 Å². The Kier molecular flexibility index (Phi) is 3.77. The highest BCUT2D eigenvalue weighted by Crippen LogP contribution is 2.09.